The quantitative estimate of drug-likeness (QED) is 0.802. The number of nitrogens with one attached hydrogen (secondary N) is 1. The summed E-state index contributed by atoms with van der Waals surface area (Å²) in [6.45, 7) is 1.79. The summed E-state index contributed by atoms with van der Waals surface area (Å²) < 4.78 is 41.6. The molecule has 1 amide bonds. The number of anilines is 1. The molecule has 3 rings (SSSR count). The first-order valence-electron chi connectivity index (χ1n) is 6.92. The van der Waals surface area contributed by atoms with Crippen molar-refractivity contribution >= 4 is 17.2 Å². The number of aromatic nitrogens is 2. The highest BCUT2D eigenvalue weighted by Crippen LogP contribution is 2.19. The van der Waals surface area contributed by atoms with E-state index in [4.69, 9.17) is 0 Å². The van der Waals surface area contributed by atoms with Crippen molar-refractivity contribution in [2.75, 3.05) is 5.32 Å². The van der Waals surface area contributed by atoms with Crippen LogP contribution in [0, 0.1) is 17.5 Å². The third-order valence-corrected chi connectivity index (χ3v) is 3.38. The van der Waals surface area contributed by atoms with E-state index in [1.807, 2.05) is 0 Å². The number of rotatable bonds is 3. The van der Waals surface area contributed by atoms with E-state index < -0.39 is 23.4 Å². The van der Waals surface area contributed by atoms with E-state index in [0.29, 0.717) is 17.8 Å². The molecule has 0 saturated carbocycles. The second-order valence-electron chi connectivity index (χ2n) is 4.91. The van der Waals surface area contributed by atoms with Gasteiger partial charge in [-0.25, -0.2) is 18.2 Å². The predicted octanol–water partition coefficient (Wildman–Crippen LogP) is 3.57. The molecule has 0 aliphatic carbocycles. The van der Waals surface area contributed by atoms with Crippen LogP contribution in [0.5, 0.6) is 0 Å². The number of fused-ring (bicyclic) bond motifs is 1. The van der Waals surface area contributed by atoms with Crippen molar-refractivity contribution < 1.29 is 18.0 Å². The highest BCUT2D eigenvalue weighted by molar-refractivity contribution is 6.04. The van der Waals surface area contributed by atoms with Crippen LogP contribution >= 0.6 is 0 Å². The number of imidazole rings is 1. The van der Waals surface area contributed by atoms with Gasteiger partial charge in [-0.2, -0.15) is 0 Å². The molecular formula is C16H12F3N3O. The maximum Gasteiger partial charge on any atom is 0.274 e. The number of pyridine rings is 1. The third-order valence-electron chi connectivity index (χ3n) is 3.38. The zero-order valence-corrected chi connectivity index (χ0v) is 12.1. The molecule has 0 radical (unpaired) electrons. The molecule has 23 heavy (non-hydrogen) atoms. The van der Waals surface area contributed by atoms with Crippen molar-refractivity contribution in [3.8, 4) is 0 Å². The van der Waals surface area contributed by atoms with Crippen LogP contribution in [0.3, 0.4) is 0 Å². The van der Waals surface area contributed by atoms with E-state index in [2.05, 4.69) is 10.3 Å². The lowest BCUT2D eigenvalue weighted by atomic mass is 10.2. The minimum absolute atomic E-state index is 0.0886. The molecule has 0 unspecified atom stereocenters. The fourth-order valence-corrected chi connectivity index (χ4v) is 2.33. The van der Waals surface area contributed by atoms with Gasteiger partial charge in [0.25, 0.3) is 5.91 Å². The van der Waals surface area contributed by atoms with Gasteiger partial charge in [0.1, 0.15) is 28.8 Å². The maximum atomic E-state index is 13.7. The Bertz CT molecular complexity index is 905. The number of hydrogen-bond acceptors (Lipinski definition) is 2. The normalized spacial score (nSPS) is 11.0. The van der Waals surface area contributed by atoms with Gasteiger partial charge in [0, 0.05) is 12.3 Å². The highest BCUT2D eigenvalue weighted by Gasteiger charge is 2.20. The van der Waals surface area contributed by atoms with Gasteiger partial charge in [-0.15, -0.1) is 0 Å². The summed E-state index contributed by atoms with van der Waals surface area (Å²) in [7, 11) is 0. The zero-order chi connectivity index (χ0) is 16.6. The van der Waals surface area contributed by atoms with Crippen LogP contribution in [-0.2, 0) is 6.42 Å². The number of aryl methyl sites for hydroxylation is 1. The zero-order valence-electron chi connectivity index (χ0n) is 12.1. The summed E-state index contributed by atoms with van der Waals surface area (Å²) >= 11 is 0. The molecule has 0 aliphatic rings. The largest absolute Gasteiger partial charge is 0.318 e. The van der Waals surface area contributed by atoms with Gasteiger partial charge in [-0.05, 0) is 30.7 Å². The number of carbonyl (C=O) groups is 1. The number of hydrogen-bond donors (Lipinski definition) is 1. The average Bonchev–Trinajstić information content (AvgIpc) is 2.88. The minimum Gasteiger partial charge on any atom is -0.318 e. The van der Waals surface area contributed by atoms with E-state index in [9.17, 15) is 18.0 Å². The number of nitrogens with zero attached hydrogens (tertiary/aromatic N) is 2. The van der Waals surface area contributed by atoms with Crippen molar-refractivity contribution in [2.45, 2.75) is 13.3 Å². The molecule has 4 nitrogen and oxygen atoms in total. The van der Waals surface area contributed by atoms with Gasteiger partial charge in [-0.1, -0.05) is 6.92 Å². The van der Waals surface area contributed by atoms with E-state index in [0.717, 1.165) is 24.4 Å². The van der Waals surface area contributed by atoms with Gasteiger partial charge >= 0.3 is 0 Å². The van der Waals surface area contributed by atoms with Crippen LogP contribution in [-0.4, -0.2) is 15.3 Å². The Morgan fingerprint density at radius 1 is 1.17 bits per heavy atom. The minimum atomic E-state index is -0.766. The van der Waals surface area contributed by atoms with Crippen LogP contribution in [0.1, 0.15) is 23.1 Å². The Balaban J connectivity index is 2.06. The Morgan fingerprint density at radius 2 is 1.91 bits per heavy atom. The van der Waals surface area contributed by atoms with Crippen LogP contribution in [0.25, 0.3) is 5.65 Å². The average molecular weight is 319 g/mol. The molecule has 118 valence electrons. The molecule has 7 heteroatoms. The number of amides is 1. The van der Waals surface area contributed by atoms with Gasteiger partial charge in [0.2, 0.25) is 0 Å². The second kappa shape index (κ2) is 5.75. The first-order chi connectivity index (χ1) is 11.0. The highest BCUT2D eigenvalue weighted by atomic mass is 19.1. The van der Waals surface area contributed by atoms with Crippen LogP contribution in [0.15, 0.2) is 36.5 Å². The van der Waals surface area contributed by atoms with E-state index in [1.165, 1.54) is 16.5 Å². The molecule has 0 aliphatic heterocycles. The predicted molar refractivity (Wildman–Crippen MR) is 78.8 cm³/mol. The summed E-state index contributed by atoms with van der Waals surface area (Å²) in [6, 6.07) is 5.41. The molecule has 0 saturated heterocycles. The maximum absolute atomic E-state index is 13.7. The molecular weight excluding hydrogens is 307 g/mol. The molecule has 1 aromatic carbocycles. The fraction of sp³-hybridized carbons (Fsp3) is 0.125. The fourth-order valence-electron chi connectivity index (χ4n) is 2.33. The van der Waals surface area contributed by atoms with E-state index in [-0.39, 0.29) is 11.4 Å². The number of halogens is 3. The molecule has 2 heterocycles. The summed E-state index contributed by atoms with van der Waals surface area (Å²) in [5, 5.41) is 2.30. The molecule has 0 atom stereocenters. The van der Waals surface area contributed by atoms with E-state index in [1.54, 1.807) is 6.92 Å². The Hall–Kier alpha value is -2.83. The lowest BCUT2D eigenvalue weighted by molar-refractivity contribution is 0.102. The molecule has 3 aromatic rings. The van der Waals surface area contributed by atoms with Gasteiger partial charge in [-0.3, -0.25) is 9.20 Å². The van der Waals surface area contributed by atoms with Crippen molar-refractivity contribution in [2.24, 2.45) is 0 Å². The summed E-state index contributed by atoms with van der Waals surface area (Å²) in [4.78, 5) is 16.7. The number of benzene rings is 1. The van der Waals surface area contributed by atoms with Crippen LogP contribution in [0.4, 0.5) is 18.9 Å². The lowest BCUT2D eigenvalue weighted by Gasteiger charge is -2.08. The van der Waals surface area contributed by atoms with Gasteiger partial charge in [0.05, 0.1) is 11.4 Å². The monoisotopic (exact) mass is 319 g/mol. The van der Waals surface area contributed by atoms with Crippen molar-refractivity contribution in [1.82, 2.24) is 9.38 Å². The van der Waals surface area contributed by atoms with Crippen molar-refractivity contribution in [3.05, 3.63) is 65.4 Å². The summed E-state index contributed by atoms with van der Waals surface area (Å²) in [6.07, 6.45) is 1.55. The van der Waals surface area contributed by atoms with Crippen LogP contribution in [0.2, 0.25) is 0 Å². The molecule has 0 fully saturated rings. The molecule has 0 bridgehead atoms. The van der Waals surface area contributed by atoms with E-state index >= 15 is 0 Å². The third kappa shape index (κ3) is 2.77. The second-order valence-corrected chi connectivity index (χ2v) is 4.91. The molecule has 0 spiro atoms. The Labute approximate surface area is 129 Å². The molecule has 2 aromatic heterocycles. The first kappa shape index (κ1) is 15.1. The molecule has 1 N–H and O–H groups in total. The van der Waals surface area contributed by atoms with Crippen molar-refractivity contribution in [3.63, 3.8) is 0 Å². The lowest BCUT2D eigenvalue weighted by Crippen LogP contribution is -2.17. The standard InChI is InChI=1S/C16H12F3N3O/c1-2-12-15(22-8-10(18)4-6-14(22)20-12)16(23)21-13-7-9(17)3-5-11(13)19/h3-8H,2H2,1H3,(H,21,23). The first-order valence-corrected chi connectivity index (χ1v) is 6.92. The van der Waals surface area contributed by atoms with Gasteiger partial charge in [0.15, 0.2) is 0 Å². The summed E-state index contributed by atoms with van der Waals surface area (Å²) in [5.41, 5.74) is 0.632. The van der Waals surface area contributed by atoms with Gasteiger partial charge < -0.3 is 5.32 Å². The number of carbonyl (C=O) groups excluding carboxylic acids is 1. The summed E-state index contributed by atoms with van der Waals surface area (Å²) in [5.74, 6) is -2.67. The SMILES string of the molecule is CCc1nc2ccc(F)cn2c1C(=O)Nc1cc(F)ccc1F. The Kier molecular flexibility index (Phi) is 3.77. The topological polar surface area (TPSA) is 46.4 Å². The van der Waals surface area contributed by atoms with Crippen LogP contribution < -0.4 is 5.32 Å². The Morgan fingerprint density at radius 3 is 2.65 bits per heavy atom. The van der Waals surface area contributed by atoms with Crippen molar-refractivity contribution in [1.29, 1.82) is 0 Å². The smallest absolute Gasteiger partial charge is 0.274 e.